The van der Waals surface area contributed by atoms with Crippen LogP contribution < -0.4 is 10.6 Å². The zero-order valence-corrected chi connectivity index (χ0v) is 8.24. The lowest BCUT2D eigenvalue weighted by atomic mass is 10.4. The van der Waals surface area contributed by atoms with Crippen LogP contribution >= 0.6 is 0 Å². The number of hydrogen-bond acceptors (Lipinski definition) is 4. The molecule has 0 aromatic heterocycles. The first-order valence-electron chi connectivity index (χ1n) is 4.84. The van der Waals surface area contributed by atoms with Crippen LogP contribution in [0, 0.1) is 11.5 Å². The van der Waals surface area contributed by atoms with Gasteiger partial charge in [0.1, 0.15) is 0 Å². The minimum absolute atomic E-state index is 0.715. The van der Waals surface area contributed by atoms with Crippen molar-refractivity contribution in [1.29, 1.82) is 5.26 Å². The smallest absolute Gasteiger partial charge is 0.184 e. The third-order valence-corrected chi connectivity index (χ3v) is 1.90. The van der Waals surface area contributed by atoms with Gasteiger partial charge in [0, 0.05) is 32.4 Å². The lowest BCUT2D eigenvalue weighted by Gasteiger charge is -2.11. The first-order chi connectivity index (χ1) is 6.93. The summed E-state index contributed by atoms with van der Waals surface area (Å²) in [7, 11) is 0. The molecule has 2 N–H and O–H groups in total. The molecule has 2 rings (SSSR count). The van der Waals surface area contributed by atoms with E-state index in [2.05, 4.69) is 10.6 Å². The largest absolute Gasteiger partial charge is 0.314 e. The van der Waals surface area contributed by atoms with Gasteiger partial charge in [-0.25, -0.2) is 0 Å². The maximum Gasteiger partial charge on any atom is 0.184 e. The molecule has 0 atom stereocenters. The summed E-state index contributed by atoms with van der Waals surface area (Å²) in [6.07, 6.45) is 9.45. The van der Waals surface area contributed by atoms with E-state index >= 15 is 0 Å². The zero-order chi connectivity index (χ0) is 10.1. The molecule has 0 amide bonds. The minimum Gasteiger partial charge on any atom is -0.314 e. The summed E-state index contributed by atoms with van der Waals surface area (Å²) in [5.74, 6) is 0. The summed E-state index contributed by atoms with van der Waals surface area (Å²) in [4.78, 5) is 1.56. The highest BCUT2D eigenvalue weighted by molar-refractivity contribution is 5.10. The van der Waals surface area contributed by atoms with Crippen LogP contribution in [0.3, 0.4) is 0 Å². The average Bonchev–Trinajstić information content (AvgIpc) is 2.33. The third kappa shape index (κ3) is 4.65. The quantitative estimate of drug-likeness (QED) is 0.532. The molecule has 1 fully saturated rings. The van der Waals surface area contributed by atoms with Crippen molar-refractivity contribution in [2.24, 2.45) is 0 Å². The Labute approximate surface area is 84.9 Å². The Kier molecular flexibility index (Phi) is 5.48. The molecule has 1 saturated heterocycles. The monoisotopic (exact) mass is 192 g/mol. The van der Waals surface area contributed by atoms with E-state index in [0.29, 0.717) is 6.54 Å². The number of allylic oxidation sites excluding steroid dienone is 2. The maximum absolute atomic E-state index is 8.28. The second kappa shape index (κ2) is 7.13. The second-order valence-electron chi connectivity index (χ2n) is 3.02. The maximum atomic E-state index is 8.28. The SMILES string of the molecule is C1CNCCN1.N#CN1C=CC=CC1. The molecular weight excluding hydrogens is 176 g/mol. The van der Waals surface area contributed by atoms with Crippen molar-refractivity contribution in [3.05, 3.63) is 24.4 Å². The van der Waals surface area contributed by atoms with Crippen molar-refractivity contribution in [3.63, 3.8) is 0 Å². The summed E-state index contributed by atoms with van der Waals surface area (Å²) >= 11 is 0. The number of nitrogens with zero attached hydrogens (tertiary/aromatic N) is 2. The van der Waals surface area contributed by atoms with E-state index in [1.807, 2.05) is 24.4 Å². The molecule has 14 heavy (non-hydrogen) atoms. The van der Waals surface area contributed by atoms with Gasteiger partial charge in [0.2, 0.25) is 0 Å². The highest BCUT2D eigenvalue weighted by atomic mass is 15.1. The summed E-state index contributed by atoms with van der Waals surface area (Å²) in [6.45, 7) is 5.27. The normalized spacial score (nSPS) is 19.5. The molecule has 0 aromatic carbocycles. The standard InChI is InChI=1S/C6H6N2.C4H10N2/c7-6-8-4-2-1-3-5-8;1-2-6-4-3-5-1/h1-4H,5H2;5-6H,1-4H2. The number of nitrogens with one attached hydrogen (secondary N) is 2. The Balaban J connectivity index is 0.000000146. The van der Waals surface area contributed by atoms with Gasteiger partial charge in [-0.1, -0.05) is 12.2 Å². The first-order valence-corrected chi connectivity index (χ1v) is 4.84. The molecule has 4 heteroatoms. The van der Waals surface area contributed by atoms with E-state index in [4.69, 9.17) is 5.26 Å². The third-order valence-electron chi connectivity index (χ3n) is 1.90. The second-order valence-corrected chi connectivity index (χ2v) is 3.02. The number of rotatable bonds is 0. The predicted molar refractivity (Wildman–Crippen MR) is 56.3 cm³/mol. The van der Waals surface area contributed by atoms with E-state index in [9.17, 15) is 0 Å². The van der Waals surface area contributed by atoms with Crippen molar-refractivity contribution >= 4 is 0 Å². The molecule has 2 aliphatic heterocycles. The molecule has 2 heterocycles. The summed E-state index contributed by atoms with van der Waals surface area (Å²) in [5, 5.41) is 14.7. The van der Waals surface area contributed by atoms with Gasteiger partial charge in [-0.15, -0.1) is 0 Å². The van der Waals surface area contributed by atoms with Crippen LogP contribution in [0.4, 0.5) is 0 Å². The van der Waals surface area contributed by atoms with Gasteiger partial charge in [0.05, 0.1) is 6.54 Å². The Hall–Kier alpha value is -1.31. The molecule has 0 saturated carbocycles. The van der Waals surface area contributed by atoms with Crippen LogP contribution in [0.25, 0.3) is 0 Å². The highest BCUT2D eigenvalue weighted by Crippen LogP contribution is 1.93. The van der Waals surface area contributed by atoms with Crippen molar-refractivity contribution in [3.8, 4) is 6.19 Å². The fraction of sp³-hybridized carbons (Fsp3) is 0.500. The van der Waals surface area contributed by atoms with E-state index in [1.165, 1.54) is 0 Å². The van der Waals surface area contributed by atoms with Crippen molar-refractivity contribution < 1.29 is 0 Å². The average molecular weight is 192 g/mol. The van der Waals surface area contributed by atoms with Gasteiger partial charge in [0.15, 0.2) is 6.19 Å². The molecule has 4 nitrogen and oxygen atoms in total. The molecule has 2 aliphatic rings. The van der Waals surface area contributed by atoms with Gasteiger partial charge < -0.3 is 10.6 Å². The molecule has 0 aromatic rings. The van der Waals surface area contributed by atoms with Crippen LogP contribution in [-0.4, -0.2) is 37.6 Å². The Bertz CT molecular complexity index is 223. The Morgan fingerprint density at radius 2 is 1.71 bits per heavy atom. The minimum atomic E-state index is 0.715. The van der Waals surface area contributed by atoms with Gasteiger partial charge in [0.25, 0.3) is 0 Å². The van der Waals surface area contributed by atoms with Gasteiger partial charge >= 0.3 is 0 Å². The van der Waals surface area contributed by atoms with Crippen LogP contribution in [0.2, 0.25) is 0 Å². The number of piperazine rings is 1. The van der Waals surface area contributed by atoms with Crippen LogP contribution in [-0.2, 0) is 0 Å². The van der Waals surface area contributed by atoms with E-state index in [0.717, 1.165) is 26.2 Å². The molecular formula is C10H16N4. The van der Waals surface area contributed by atoms with Crippen molar-refractivity contribution in [2.75, 3.05) is 32.7 Å². The highest BCUT2D eigenvalue weighted by Gasteiger charge is 1.92. The molecule has 76 valence electrons. The van der Waals surface area contributed by atoms with Gasteiger partial charge in [-0.3, -0.25) is 4.90 Å². The van der Waals surface area contributed by atoms with E-state index in [-0.39, 0.29) is 0 Å². The van der Waals surface area contributed by atoms with Crippen molar-refractivity contribution in [2.45, 2.75) is 0 Å². The number of nitriles is 1. The lowest BCUT2D eigenvalue weighted by Crippen LogP contribution is -2.39. The summed E-state index contributed by atoms with van der Waals surface area (Å²) < 4.78 is 0. The fourth-order valence-corrected chi connectivity index (χ4v) is 1.15. The first kappa shape index (κ1) is 10.8. The van der Waals surface area contributed by atoms with E-state index < -0.39 is 0 Å². The Morgan fingerprint density at radius 1 is 1.07 bits per heavy atom. The fourth-order valence-electron chi connectivity index (χ4n) is 1.15. The molecule has 0 bridgehead atoms. The topological polar surface area (TPSA) is 51.1 Å². The predicted octanol–water partition coefficient (Wildman–Crippen LogP) is 0.0322. The molecule has 0 unspecified atom stereocenters. The van der Waals surface area contributed by atoms with Gasteiger partial charge in [-0.05, 0) is 6.08 Å². The van der Waals surface area contributed by atoms with Gasteiger partial charge in [-0.2, -0.15) is 5.26 Å². The Morgan fingerprint density at radius 3 is 2.00 bits per heavy atom. The summed E-state index contributed by atoms with van der Waals surface area (Å²) in [6, 6.07) is 0. The lowest BCUT2D eigenvalue weighted by molar-refractivity contribution is 0.534. The zero-order valence-electron chi connectivity index (χ0n) is 8.24. The number of hydrogen-bond donors (Lipinski definition) is 2. The van der Waals surface area contributed by atoms with Crippen LogP contribution in [0.1, 0.15) is 0 Å². The van der Waals surface area contributed by atoms with E-state index in [1.54, 1.807) is 11.1 Å². The summed E-state index contributed by atoms with van der Waals surface area (Å²) in [5.41, 5.74) is 0. The molecule has 0 aliphatic carbocycles. The van der Waals surface area contributed by atoms with Crippen molar-refractivity contribution in [1.82, 2.24) is 15.5 Å². The van der Waals surface area contributed by atoms with Crippen LogP contribution in [0.15, 0.2) is 24.4 Å². The molecule has 0 spiro atoms. The molecule has 0 radical (unpaired) electrons. The van der Waals surface area contributed by atoms with Crippen LogP contribution in [0.5, 0.6) is 0 Å².